The highest BCUT2D eigenvalue weighted by atomic mass is 16.5. The van der Waals surface area contributed by atoms with E-state index in [4.69, 9.17) is 15.6 Å². The molecule has 2 aromatic carbocycles. The van der Waals surface area contributed by atoms with Crippen molar-refractivity contribution < 1.29 is 14.6 Å². The molecule has 0 amide bonds. The summed E-state index contributed by atoms with van der Waals surface area (Å²) >= 11 is 0. The molecule has 1 aliphatic heterocycles. The minimum atomic E-state index is -0.974. The van der Waals surface area contributed by atoms with E-state index in [9.17, 15) is 4.79 Å². The average molecular weight is 283 g/mol. The molecular formula is C17H17NO3. The fraction of sp³-hybridized carbons (Fsp3) is 0.235. The van der Waals surface area contributed by atoms with E-state index in [0.717, 1.165) is 35.5 Å². The van der Waals surface area contributed by atoms with Gasteiger partial charge >= 0.3 is 5.97 Å². The predicted octanol–water partition coefficient (Wildman–Crippen LogP) is 2.24. The molecule has 0 aliphatic carbocycles. The van der Waals surface area contributed by atoms with Crippen LogP contribution in [0.25, 0.3) is 11.1 Å². The van der Waals surface area contributed by atoms with Crippen LogP contribution in [0.2, 0.25) is 0 Å². The van der Waals surface area contributed by atoms with Crippen molar-refractivity contribution in [3.8, 4) is 16.9 Å². The second kappa shape index (κ2) is 5.58. The van der Waals surface area contributed by atoms with Gasteiger partial charge in [0.2, 0.25) is 0 Å². The van der Waals surface area contributed by atoms with Crippen LogP contribution >= 0.6 is 0 Å². The molecule has 0 bridgehead atoms. The van der Waals surface area contributed by atoms with Gasteiger partial charge in [-0.25, -0.2) is 0 Å². The van der Waals surface area contributed by atoms with Gasteiger partial charge in [0, 0.05) is 6.42 Å². The van der Waals surface area contributed by atoms with E-state index in [0.29, 0.717) is 6.42 Å². The fourth-order valence-corrected chi connectivity index (χ4v) is 2.54. The van der Waals surface area contributed by atoms with Crippen molar-refractivity contribution in [3.05, 3.63) is 53.6 Å². The predicted molar refractivity (Wildman–Crippen MR) is 80.4 cm³/mol. The Morgan fingerprint density at radius 2 is 1.90 bits per heavy atom. The number of hydrogen-bond donors (Lipinski definition) is 2. The minimum Gasteiger partial charge on any atom is -0.493 e. The molecule has 3 rings (SSSR count). The van der Waals surface area contributed by atoms with Crippen molar-refractivity contribution in [3.63, 3.8) is 0 Å². The molecule has 4 nitrogen and oxygen atoms in total. The van der Waals surface area contributed by atoms with Gasteiger partial charge in [0.1, 0.15) is 11.8 Å². The quantitative estimate of drug-likeness (QED) is 0.902. The number of rotatable bonds is 4. The average Bonchev–Trinajstić information content (AvgIpc) is 2.95. The second-order valence-electron chi connectivity index (χ2n) is 5.27. The summed E-state index contributed by atoms with van der Waals surface area (Å²) in [6.45, 7) is 0.755. The summed E-state index contributed by atoms with van der Waals surface area (Å²) in [5, 5.41) is 8.83. The van der Waals surface area contributed by atoms with Crippen molar-refractivity contribution >= 4 is 5.97 Å². The number of fused-ring (bicyclic) bond motifs is 1. The standard InChI is InChI=1S/C17H17NO3/c18-15(17(19)20)9-11-1-3-12(4-2-11)13-5-6-16-14(10-13)7-8-21-16/h1-6,10,15H,7-9,18H2,(H,19,20)/t15-/m0/s1. The molecular weight excluding hydrogens is 266 g/mol. The molecule has 108 valence electrons. The highest BCUT2D eigenvalue weighted by Crippen LogP contribution is 2.30. The number of aliphatic carboxylic acids is 1. The van der Waals surface area contributed by atoms with Gasteiger partial charge in [0.25, 0.3) is 0 Å². The number of carboxylic acid groups (broad SMARTS) is 1. The lowest BCUT2D eigenvalue weighted by atomic mass is 9.99. The Kier molecular flexibility index (Phi) is 3.62. The Balaban J connectivity index is 1.79. The molecule has 0 aromatic heterocycles. The van der Waals surface area contributed by atoms with Crippen LogP contribution in [0.3, 0.4) is 0 Å². The Bertz CT molecular complexity index is 664. The van der Waals surface area contributed by atoms with Crippen molar-refractivity contribution in [1.82, 2.24) is 0 Å². The zero-order valence-electron chi connectivity index (χ0n) is 11.6. The van der Waals surface area contributed by atoms with Crippen LogP contribution in [0.15, 0.2) is 42.5 Å². The summed E-state index contributed by atoms with van der Waals surface area (Å²) in [5.74, 6) is 0.000464. The molecule has 0 radical (unpaired) electrons. The summed E-state index contributed by atoms with van der Waals surface area (Å²) in [7, 11) is 0. The van der Waals surface area contributed by atoms with E-state index in [-0.39, 0.29) is 0 Å². The Morgan fingerprint density at radius 1 is 1.19 bits per heavy atom. The number of nitrogens with two attached hydrogens (primary N) is 1. The Hall–Kier alpha value is -2.33. The van der Waals surface area contributed by atoms with Crippen molar-refractivity contribution in [2.75, 3.05) is 6.61 Å². The summed E-state index contributed by atoms with van der Waals surface area (Å²) in [4.78, 5) is 10.8. The smallest absolute Gasteiger partial charge is 0.320 e. The Labute approximate surface area is 123 Å². The van der Waals surface area contributed by atoms with Crippen LogP contribution < -0.4 is 10.5 Å². The molecule has 3 N–H and O–H groups in total. The SMILES string of the molecule is N[C@@H](Cc1ccc(-c2ccc3c(c2)CCO3)cc1)C(=O)O. The summed E-state index contributed by atoms with van der Waals surface area (Å²) in [6.07, 6.45) is 1.29. The first-order valence-corrected chi connectivity index (χ1v) is 6.97. The van der Waals surface area contributed by atoms with Crippen molar-refractivity contribution in [1.29, 1.82) is 0 Å². The Morgan fingerprint density at radius 3 is 2.62 bits per heavy atom. The molecule has 0 spiro atoms. The van der Waals surface area contributed by atoms with E-state index in [2.05, 4.69) is 6.07 Å². The van der Waals surface area contributed by atoms with Gasteiger partial charge in [0.15, 0.2) is 0 Å². The van der Waals surface area contributed by atoms with Crippen molar-refractivity contribution in [2.24, 2.45) is 5.73 Å². The second-order valence-corrected chi connectivity index (χ2v) is 5.27. The maximum Gasteiger partial charge on any atom is 0.320 e. The number of benzene rings is 2. The normalized spacial score (nSPS) is 14.3. The van der Waals surface area contributed by atoms with Crippen LogP contribution in [0.4, 0.5) is 0 Å². The molecule has 21 heavy (non-hydrogen) atoms. The van der Waals surface area contributed by atoms with Gasteiger partial charge in [-0.2, -0.15) is 0 Å². The first-order valence-electron chi connectivity index (χ1n) is 6.97. The van der Waals surface area contributed by atoms with Gasteiger partial charge < -0.3 is 15.6 Å². The summed E-state index contributed by atoms with van der Waals surface area (Å²) < 4.78 is 5.51. The highest BCUT2D eigenvalue weighted by Gasteiger charge is 2.14. The molecule has 0 saturated carbocycles. The zero-order valence-corrected chi connectivity index (χ0v) is 11.6. The summed E-state index contributed by atoms with van der Waals surface area (Å²) in [6, 6.07) is 13.2. The van der Waals surface area contributed by atoms with E-state index >= 15 is 0 Å². The third-order valence-electron chi connectivity index (χ3n) is 3.75. The van der Waals surface area contributed by atoms with Gasteiger partial charge in [0.05, 0.1) is 6.61 Å². The molecule has 1 aliphatic rings. The van der Waals surface area contributed by atoms with Gasteiger partial charge in [-0.1, -0.05) is 30.3 Å². The van der Waals surface area contributed by atoms with Crippen LogP contribution in [-0.4, -0.2) is 23.7 Å². The molecule has 1 atom stereocenters. The van der Waals surface area contributed by atoms with E-state index in [1.54, 1.807) is 0 Å². The number of carbonyl (C=O) groups is 1. The number of ether oxygens (including phenoxy) is 1. The van der Waals surface area contributed by atoms with E-state index in [1.165, 1.54) is 5.56 Å². The van der Waals surface area contributed by atoms with Gasteiger partial charge in [-0.3, -0.25) is 4.79 Å². The lowest BCUT2D eigenvalue weighted by molar-refractivity contribution is -0.138. The third-order valence-corrected chi connectivity index (χ3v) is 3.75. The largest absolute Gasteiger partial charge is 0.493 e. The molecule has 2 aromatic rings. The van der Waals surface area contributed by atoms with Gasteiger partial charge in [-0.05, 0) is 40.8 Å². The number of carboxylic acids is 1. The van der Waals surface area contributed by atoms with Crippen LogP contribution in [0, 0.1) is 0 Å². The maximum absolute atomic E-state index is 10.8. The number of hydrogen-bond acceptors (Lipinski definition) is 3. The topological polar surface area (TPSA) is 72.5 Å². The highest BCUT2D eigenvalue weighted by molar-refractivity contribution is 5.73. The molecule has 0 saturated heterocycles. The molecule has 0 fully saturated rings. The lowest BCUT2D eigenvalue weighted by Crippen LogP contribution is -2.32. The molecule has 0 unspecified atom stereocenters. The van der Waals surface area contributed by atoms with E-state index < -0.39 is 12.0 Å². The van der Waals surface area contributed by atoms with Crippen LogP contribution in [0.1, 0.15) is 11.1 Å². The minimum absolute atomic E-state index is 0.341. The molecule has 4 heteroatoms. The van der Waals surface area contributed by atoms with E-state index in [1.807, 2.05) is 36.4 Å². The zero-order chi connectivity index (χ0) is 14.8. The lowest BCUT2D eigenvalue weighted by Gasteiger charge is -2.08. The summed E-state index contributed by atoms with van der Waals surface area (Å²) in [5.41, 5.74) is 9.97. The van der Waals surface area contributed by atoms with Crippen LogP contribution in [-0.2, 0) is 17.6 Å². The van der Waals surface area contributed by atoms with Crippen LogP contribution in [0.5, 0.6) is 5.75 Å². The van der Waals surface area contributed by atoms with Gasteiger partial charge in [-0.15, -0.1) is 0 Å². The monoisotopic (exact) mass is 283 g/mol. The maximum atomic E-state index is 10.8. The molecule has 1 heterocycles. The fourth-order valence-electron chi connectivity index (χ4n) is 2.54. The first kappa shape index (κ1) is 13.6. The third kappa shape index (κ3) is 2.90. The van der Waals surface area contributed by atoms with Crippen molar-refractivity contribution in [2.45, 2.75) is 18.9 Å². The first-order chi connectivity index (χ1) is 10.1.